The van der Waals surface area contributed by atoms with Gasteiger partial charge in [-0.3, -0.25) is 10.2 Å². The summed E-state index contributed by atoms with van der Waals surface area (Å²) in [5.41, 5.74) is 1.20. The number of amides is 1. The molecule has 0 bridgehead atoms. The van der Waals surface area contributed by atoms with Gasteiger partial charge < -0.3 is 0 Å². The smallest absolute Gasteiger partial charge is 0.287 e. The van der Waals surface area contributed by atoms with Gasteiger partial charge in [0.1, 0.15) is 5.82 Å². The summed E-state index contributed by atoms with van der Waals surface area (Å²) in [4.78, 5) is 11.7. The summed E-state index contributed by atoms with van der Waals surface area (Å²) < 4.78 is 55.6. The van der Waals surface area contributed by atoms with Crippen molar-refractivity contribution in [1.82, 2.24) is 10.4 Å². The van der Waals surface area contributed by atoms with Crippen LogP contribution in [0.25, 0.3) is 10.8 Å². The number of hydrazine groups is 1. The Morgan fingerprint density at radius 2 is 1.75 bits per heavy atom. The molecular formula is C17H16F4N2O. The van der Waals surface area contributed by atoms with E-state index in [0.29, 0.717) is 0 Å². The molecule has 1 amide bonds. The number of alkyl halides is 3. The van der Waals surface area contributed by atoms with Crippen molar-refractivity contribution < 1.29 is 22.4 Å². The normalized spacial score (nSPS) is 19.5. The molecule has 1 unspecified atom stereocenters. The minimum Gasteiger partial charge on any atom is -0.287 e. The van der Waals surface area contributed by atoms with Crippen LogP contribution >= 0.6 is 0 Å². The summed E-state index contributed by atoms with van der Waals surface area (Å²) >= 11 is 0. The number of fused-ring (bicyclic) bond motifs is 1. The van der Waals surface area contributed by atoms with Crippen LogP contribution in [0.3, 0.4) is 0 Å². The number of nitrogens with one attached hydrogen (secondary N) is 1. The van der Waals surface area contributed by atoms with Crippen molar-refractivity contribution in [3.05, 3.63) is 47.8 Å². The first-order valence-electron chi connectivity index (χ1n) is 7.44. The molecule has 1 atom stereocenters. The lowest BCUT2D eigenvalue weighted by Gasteiger charge is -2.38. The SMILES string of the molecule is CC1(C)CC(=O)NN1C(c1cccc2c(F)cccc12)C(F)(F)F. The summed E-state index contributed by atoms with van der Waals surface area (Å²) in [5.74, 6) is -1.05. The van der Waals surface area contributed by atoms with Crippen molar-refractivity contribution in [3.8, 4) is 0 Å². The van der Waals surface area contributed by atoms with Gasteiger partial charge in [0.2, 0.25) is 5.91 Å². The number of hydrogen-bond donors (Lipinski definition) is 1. The van der Waals surface area contributed by atoms with E-state index in [1.165, 1.54) is 36.4 Å². The first kappa shape index (κ1) is 16.7. The molecule has 0 aliphatic carbocycles. The number of hydrogen-bond acceptors (Lipinski definition) is 2. The van der Waals surface area contributed by atoms with Crippen LogP contribution in [0.4, 0.5) is 17.6 Å². The molecule has 0 saturated carbocycles. The fraction of sp³-hybridized carbons (Fsp3) is 0.353. The molecule has 1 saturated heterocycles. The molecule has 3 nitrogen and oxygen atoms in total. The third-order valence-corrected chi connectivity index (χ3v) is 4.26. The summed E-state index contributed by atoms with van der Waals surface area (Å²) in [7, 11) is 0. The van der Waals surface area contributed by atoms with Gasteiger partial charge in [-0.05, 0) is 30.9 Å². The van der Waals surface area contributed by atoms with Crippen LogP contribution in [-0.2, 0) is 4.79 Å². The molecule has 2 aromatic rings. The highest BCUT2D eigenvalue weighted by atomic mass is 19.4. The number of halogens is 4. The number of carbonyl (C=O) groups is 1. The van der Waals surface area contributed by atoms with Crippen LogP contribution in [0, 0.1) is 5.82 Å². The summed E-state index contributed by atoms with van der Waals surface area (Å²) in [6.45, 7) is 3.13. The quantitative estimate of drug-likeness (QED) is 0.835. The Kier molecular flexibility index (Phi) is 3.79. The highest BCUT2D eigenvalue weighted by molar-refractivity contribution is 5.87. The van der Waals surface area contributed by atoms with Crippen LogP contribution in [0.15, 0.2) is 36.4 Å². The number of carbonyl (C=O) groups excluding carboxylic acids is 1. The Morgan fingerprint density at radius 1 is 1.12 bits per heavy atom. The summed E-state index contributed by atoms with van der Waals surface area (Å²) in [6.07, 6.45) is -4.69. The molecule has 7 heteroatoms. The lowest BCUT2D eigenvalue weighted by atomic mass is 9.93. The van der Waals surface area contributed by atoms with E-state index >= 15 is 0 Å². The Balaban J connectivity index is 2.22. The largest absolute Gasteiger partial charge is 0.409 e. The van der Waals surface area contributed by atoms with Gasteiger partial charge in [-0.25, -0.2) is 4.39 Å². The average molecular weight is 340 g/mol. The van der Waals surface area contributed by atoms with Crippen molar-refractivity contribution in [1.29, 1.82) is 0 Å². The van der Waals surface area contributed by atoms with Crippen molar-refractivity contribution in [3.63, 3.8) is 0 Å². The number of benzene rings is 2. The van der Waals surface area contributed by atoms with Gasteiger partial charge in [-0.15, -0.1) is 0 Å². The number of nitrogens with zero attached hydrogens (tertiary/aromatic N) is 1. The molecule has 0 spiro atoms. The van der Waals surface area contributed by atoms with E-state index in [0.717, 1.165) is 5.01 Å². The molecule has 3 rings (SSSR count). The predicted molar refractivity (Wildman–Crippen MR) is 81.4 cm³/mol. The van der Waals surface area contributed by atoms with E-state index in [9.17, 15) is 22.4 Å². The topological polar surface area (TPSA) is 32.3 Å². The van der Waals surface area contributed by atoms with Crippen LogP contribution in [0.5, 0.6) is 0 Å². The monoisotopic (exact) mass is 340 g/mol. The Bertz CT molecular complexity index is 801. The minimum absolute atomic E-state index is 0.0429. The predicted octanol–water partition coefficient (Wildman–Crippen LogP) is 4.10. The van der Waals surface area contributed by atoms with Gasteiger partial charge in [0.05, 0.1) is 0 Å². The van der Waals surface area contributed by atoms with Crippen LogP contribution in [-0.4, -0.2) is 22.6 Å². The van der Waals surface area contributed by atoms with E-state index < -0.39 is 29.5 Å². The zero-order valence-electron chi connectivity index (χ0n) is 13.1. The summed E-state index contributed by atoms with van der Waals surface area (Å²) in [5, 5.41) is 1.22. The van der Waals surface area contributed by atoms with E-state index in [1.807, 2.05) is 0 Å². The maximum Gasteiger partial charge on any atom is 0.409 e. The molecule has 1 heterocycles. The van der Waals surface area contributed by atoms with Gasteiger partial charge in [-0.2, -0.15) is 18.2 Å². The minimum atomic E-state index is -4.64. The number of rotatable bonds is 2. The Hall–Kier alpha value is -2.15. The standard InChI is InChI=1S/C17H16F4N2O/c1-16(2)9-14(24)22-23(16)15(17(19,20)21)12-7-3-6-11-10(12)5-4-8-13(11)18/h3-8,15H,9H2,1-2H3,(H,22,24). The Labute approximate surface area is 136 Å². The molecule has 2 aromatic carbocycles. The van der Waals surface area contributed by atoms with Crippen molar-refractivity contribution in [2.45, 2.75) is 38.0 Å². The van der Waals surface area contributed by atoms with Gasteiger partial charge in [-0.1, -0.05) is 30.3 Å². The lowest BCUT2D eigenvalue weighted by Crippen LogP contribution is -2.51. The third-order valence-electron chi connectivity index (χ3n) is 4.26. The average Bonchev–Trinajstić information content (AvgIpc) is 2.71. The van der Waals surface area contributed by atoms with Gasteiger partial charge in [0, 0.05) is 17.3 Å². The van der Waals surface area contributed by atoms with Crippen molar-refractivity contribution >= 4 is 16.7 Å². The first-order chi connectivity index (χ1) is 11.1. The highest BCUT2D eigenvalue weighted by Crippen LogP contribution is 2.44. The maximum atomic E-state index is 14.0. The molecule has 1 aliphatic rings. The second-order valence-electron chi connectivity index (χ2n) is 6.52. The zero-order valence-corrected chi connectivity index (χ0v) is 13.1. The molecule has 1 N–H and O–H groups in total. The maximum absolute atomic E-state index is 14.0. The molecule has 24 heavy (non-hydrogen) atoms. The fourth-order valence-corrected chi connectivity index (χ4v) is 3.21. The van der Waals surface area contributed by atoms with Gasteiger partial charge >= 0.3 is 6.18 Å². The first-order valence-corrected chi connectivity index (χ1v) is 7.44. The molecule has 1 fully saturated rings. The van der Waals surface area contributed by atoms with E-state index in [-0.39, 0.29) is 22.8 Å². The second-order valence-corrected chi connectivity index (χ2v) is 6.52. The Morgan fingerprint density at radius 3 is 2.33 bits per heavy atom. The second kappa shape index (κ2) is 5.44. The zero-order chi connectivity index (χ0) is 17.7. The highest BCUT2D eigenvalue weighted by Gasteiger charge is 2.53. The van der Waals surface area contributed by atoms with Crippen LogP contribution < -0.4 is 5.43 Å². The third kappa shape index (κ3) is 2.73. The summed E-state index contributed by atoms with van der Waals surface area (Å²) in [6, 6.07) is 6.13. The molecular weight excluding hydrogens is 324 g/mol. The van der Waals surface area contributed by atoms with E-state index in [1.54, 1.807) is 13.8 Å². The fourth-order valence-electron chi connectivity index (χ4n) is 3.21. The van der Waals surface area contributed by atoms with Crippen LogP contribution in [0.1, 0.15) is 31.9 Å². The van der Waals surface area contributed by atoms with Gasteiger partial charge in [0.15, 0.2) is 6.04 Å². The van der Waals surface area contributed by atoms with Crippen molar-refractivity contribution in [2.75, 3.05) is 0 Å². The van der Waals surface area contributed by atoms with E-state index in [4.69, 9.17) is 0 Å². The van der Waals surface area contributed by atoms with Crippen LogP contribution in [0.2, 0.25) is 0 Å². The molecule has 128 valence electrons. The van der Waals surface area contributed by atoms with Crippen molar-refractivity contribution in [2.24, 2.45) is 0 Å². The van der Waals surface area contributed by atoms with E-state index in [2.05, 4.69) is 5.43 Å². The van der Waals surface area contributed by atoms with Gasteiger partial charge in [0.25, 0.3) is 0 Å². The lowest BCUT2D eigenvalue weighted by molar-refractivity contribution is -0.203. The molecule has 1 aliphatic heterocycles. The molecule has 0 radical (unpaired) electrons. The molecule has 0 aromatic heterocycles.